The number of carbonyl (C=O) groups is 1. The van der Waals surface area contributed by atoms with Crippen LogP contribution in [0.4, 0.5) is 0 Å². The zero-order chi connectivity index (χ0) is 19.5. The van der Waals surface area contributed by atoms with Gasteiger partial charge in [-0.3, -0.25) is 9.78 Å². The summed E-state index contributed by atoms with van der Waals surface area (Å²) in [5.74, 6) is 1.69. The van der Waals surface area contributed by atoms with Crippen LogP contribution in [0, 0.1) is 19.8 Å². The molecule has 0 radical (unpaired) electrons. The van der Waals surface area contributed by atoms with Crippen LogP contribution in [0.5, 0.6) is 0 Å². The summed E-state index contributed by atoms with van der Waals surface area (Å²) in [7, 11) is 0. The van der Waals surface area contributed by atoms with Gasteiger partial charge in [0.1, 0.15) is 5.82 Å². The summed E-state index contributed by atoms with van der Waals surface area (Å²) >= 11 is 0. The maximum absolute atomic E-state index is 12.8. The Morgan fingerprint density at radius 3 is 2.54 bits per heavy atom. The standard InChI is InChI=1S/C23H26N4O/c1-17-8-11-24-15-21(17)23(28)26-12-9-19(10-13-26)16-27-18(2)14-25-22(27)20-6-4-3-5-7-20/h3-8,11,14-15,19H,9-10,12-13,16H2,1-2H3. The van der Waals surface area contributed by atoms with Crippen molar-refractivity contribution in [2.24, 2.45) is 5.92 Å². The predicted molar refractivity (Wildman–Crippen MR) is 110 cm³/mol. The Labute approximate surface area is 166 Å². The fourth-order valence-corrected chi connectivity index (χ4v) is 3.94. The summed E-state index contributed by atoms with van der Waals surface area (Å²) in [6.45, 7) is 6.63. The molecule has 1 fully saturated rings. The molecule has 3 heterocycles. The zero-order valence-electron chi connectivity index (χ0n) is 16.5. The van der Waals surface area contributed by atoms with E-state index in [2.05, 4.69) is 33.6 Å². The van der Waals surface area contributed by atoms with Crippen molar-refractivity contribution >= 4 is 5.91 Å². The Hall–Kier alpha value is -2.95. The number of hydrogen-bond acceptors (Lipinski definition) is 3. The van der Waals surface area contributed by atoms with Crippen molar-refractivity contribution in [3.05, 3.63) is 71.8 Å². The topological polar surface area (TPSA) is 51.0 Å². The molecule has 1 saturated heterocycles. The van der Waals surface area contributed by atoms with E-state index < -0.39 is 0 Å². The molecular formula is C23H26N4O. The SMILES string of the molecule is Cc1ccncc1C(=O)N1CCC(Cn2c(C)cnc2-c2ccccc2)CC1. The van der Waals surface area contributed by atoms with E-state index in [1.165, 1.54) is 5.69 Å². The quantitative estimate of drug-likeness (QED) is 0.690. The molecule has 5 heteroatoms. The zero-order valence-corrected chi connectivity index (χ0v) is 16.5. The molecule has 0 saturated carbocycles. The van der Waals surface area contributed by atoms with E-state index in [9.17, 15) is 4.79 Å². The van der Waals surface area contributed by atoms with Crippen molar-refractivity contribution in [3.63, 3.8) is 0 Å². The monoisotopic (exact) mass is 374 g/mol. The van der Waals surface area contributed by atoms with Crippen molar-refractivity contribution in [3.8, 4) is 11.4 Å². The van der Waals surface area contributed by atoms with Crippen molar-refractivity contribution in [1.29, 1.82) is 0 Å². The summed E-state index contributed by atoms with van der Waals surface area (Å²) in [4.78, 5) is 23.5. The highest BCUT2D eigenvalue weighted by Crippen LogP contribution is 2.25. The Bertz CT molecular complexity index is 956. The van der Waals surface area contributed by atoms with Crippen molar-refractivity contribution in [2.75, 3.05) is 13.1 Å². The van der Waals surface area contributed by atoms with Crippen LogP contribution < -0.4 is 0 Å². The summed E-state index contributed by atoms with van der Waals surface area (Å²) in [5.41, 5.74) is 4.04. The van der Waals surface area contributed by atoms with Crippen LogP contribution in [0.15, 0.2) is 55.0 Å². The van der Waals surface area contributed by atoms with Gasteiger partial charge in [0.15, 0.2) is 0 Å². The molecule has 2 aromatic heterocycles. The number of imidazole rings is 1. The molecule has 0 bridgehead atoms. The lowest BCUT2D eigenvalue weighted by Gasteiger charge is -2.33. The number of pyridine rings is 1. The third-order valence-corrected chi connectivity index (χ3v) is 5.70. The molecule has 5 nitrogen and oxygen atoms in total. The van der Waals surface area contributed by atoms with Crippen LogP contribution in [0.3, 0.4) is 0 Å². The number of rotatable bonds is 4. The Balaban J connectivity index is 1.43. The summed E-state index contributed by atoms with van der Waals surface area (Å²) in [5, 5.41) is 0. The molecule has 3 aromatic rings. The van der Waals surface area contributed by atoms with Gasteiger partial charge in [0, 0.05) is 49.5 Å². The van der Waals surface area contributed by atoms with Crippen molar-refractivity contribution < 1.29 is 4.79 Å². The van der Waals surface area contributed by atoms with E-state index in [4.69, 9.17) is 0 Å². The maximum Gasteiger partial charge on any atom is 0.255 e. The molecule has 1 aliphatic heterocycles. The Morgan fingerprint density at radius 1 is 1.07 bits per heavy atom. The smallest absolute Gasteiger partial charge is 0.255 e. The fraction of sp³-hybridized carbons (Fsp3) is 0.348. The Kier molecular flexibility index (Phi) is 5.24. The number of piperidine rings is 1. The summed E-state index contributed by atoms with van der Waals surface area (Å²) in [6, 6.07) is 12.2. The highest BCUT2D eigenvalue weighted by atomic mass is 16.2. The number of benzene rings is 1. The first-order valence-electron chi connectivity index (χ1n) is 9.91. The molecule has 4 rings (SSSR count). The van der Waals surface area contributed by atoms with E-state index >= 15 is 0 Å². The molecule has 1 aromatic carbocycles. The number of nitrogens with zero attached hydrogens (tertiary/aromatic N) is 4. The highest BCUT2D eigenvalue weighted by molar-refractivity contribution is 5.95. The molecule has 0 unspecified atom stereocenters. The lowest BCUT2D eigenvalue weighted by Crippen LogP contribution is -2.39. The molecule has 0 N–H and O–H groups in total. The molecule has 0 spiro atoms. The van der Waals surface area contributed by atoms with Gasteiger partial charge < -0.3 is 9.47 Å². The van der Waals surface area contributed by atoms with Gasteiger partial charge in [-0.05, 0) is 44.2 Å². The molecule has 144 valence electrons. The first-order chi connectivity index (χ1) is 13.6. The third kappa shape index (κ3) is 3.70. The largest absolute Gasteiger partial charge is 0.339 e. The van der Waals surface area contributed by atoms with Gasteiger partial charge in [0.2, 0.25) is 0 Å². The molecule has 28 heavy (non-hydrogen) atoms. The lowest BCUT2D eigenvalue weighted by atomic mass is 9.95. The van der Waals surface area contributed by atoms with Gasteiger partial charge in [0.25, 0.3) is 5.91 Å². The van der Waals surface area contributed by atoms with Gasteiger partial charge >= 0.3 is 0 Å². The first-order valence-corrected chi connectivity index (χ1v) is 9.91. The summed E-state index contributed by atoms with van der Waals surface area (Å²) < 4.78 is 2.32. The molecule has 1 aliphatic rings. The highest BCUT2D eigenvalue weighted by Gasteiger charge is 2.25. The number of aryl methyl sites for hydroxylation is 2. The van der Waals surface area contributed by atoms with Crippen LogP contribution in [-0.2, 0) is 6.54 Å². The van der Waals surface area contributed by atoms with E-state index in [1.54, 1.807) is 12.4 Å². The first kappa shape index (κ1) is 18.4. The molecule has 0 aliphatic carbocycles. The van der Waals surface area contributed by atoms with Crippen LogP contribution in [0.2, 0.25) is 0 Å². The van der Waals surface area contributed by atoms with E-state index in [1.807, 2.05) is 42.3 Å². The number of carbonyl (C=O) groups excluding carboxylic acids is 1. The van der Waals surface area contributed by atoms with Crippen LogP contribution >= 0.6 is 0 Å². The molecule has 1 amide bonds. The minimum atomic E-state index is 0.104. The minimum Gasteiger partial charge on any atom is -0.339 e. The second-order valence-electron chi connectivity index (χ2n) is 7.63. The average Bonchev–Trinajstić information content (AvgIpc) is 3.09. The van der Waals surface area contributed by atoms with Gasteiger partial charge in [-0.15, -0.1) is 0 Å². The van der Waals surface area contributed by atoms with Crippen molar-refractivity contribution in [2.45, 2.75) is 33.2 Å². The van der Waals surface area contributed by atoms with Crippen LogP contribution in [0.1, 0.15) is 34.5 Å². The summed E-state index contributed by atoms with van der Waals surface area (Å²) in [6.07, 6.45) is 7.39. The van der Waals surface area contributed by atoms with Gasteiger partial charge in [-0.1, -0.05) is 30.3 Å². The third-order valence-electron chi connectivity index (χ3n) is 5.70. The molecular weight excluding hydrogens is 348 g/mol. The van der Waals surface area contributed by atoms with Gasteiger partial charge in [-0.2, -0.15) is 0 Å². The maximum atomic E-state index is 12.8. The average molecular weight is 374 g/mol. The van der Waals surface area contributed by atoms with Crippen molar-refractivity contribution in [1.82, 2.24) is 19.4 Å². The van der Waals surface area contributed by atoms with Gasteiger partial charge in [-0.25, -0.2) is 4.98 Å². The second kappa shape index (κ2) is 7.97. The minimum absolute atomic E-state index is 0.104. The van der Waals surface area contributed by atoms with E-state index in [0.29, 0.717) is 5.92 Å². The number of aromatic nitrogens is 3. The number of likely N-dealkylation sites (tertiary alicyclic amines) is 1. The molecule has 0 atom stereocenters. The Morgan fingerprint density at radius 2 is 1.82 bits per heavy atom. The lowest BCUT2D eigenvalue weighted by molar-refractivity contribution is 0.0681. The van der Waals surface area contributed by atoms with Crippen LogP contribution in [-0.4, -0.2) is 38.4 Å². The predicted octanol–water partition coefficient (Wildman–Crippen LogP) is 4.11. The number of hydrogen-bond donors (Lipinski definition) is 0. The van der Waals surface area contributed by atoms with Crippen LogP contribution in [0.25, 0.3) is 11.4 Å². The van der Waals surface area contributed by atoms with E-state index in [0.717, 1.165) is 55.0 Å². The van der Waals surface area contributed by atoms with Gasteiger partial charge in [0.05, 0.1) is 5.56 Å². The fourth-order valence-electron chi connectivity index (χ4n) is 3.94. The normalized spacial score (nSPS) is 15.0. The van der Waals surface area contributed by atoms with E-state index in [-0.39, 0.29) is 5.91 Å². The second-order valence-corrected chi connectivity index (χ2v) is 7.63. The number of amides is 1.